The predicted octanol–water partition coefficient (Wildman–Crippen LogP) is 4.12. The first-order valence-corrected chi connectivity index (χ1v) is 9.15. The van der Waals surface area contributed by atoms with Gasteiger partial charge in [0, 0.05) is 6.54 Å². The van der Waals surface area contributed by atoms with Crippen LogP contribution >= 0.6 is 0 Å². The summed E-state index contributed by atoms with van der Waals surface area (Å²) >= 11 is 0. The molecule has 0 aliphatic carbocycles. The largest absolute Gasteiger partial charge is 0.494 e. The molecule has 0 fully saturated rings. The standard InChI is InChI=1S/C21H27NO3/c1-4-23-17-9-7-15(8-10-17)21-18-14-20(25-6-3)19(24-5-2)13-16(18)11-12-22-21/h7-10,13-14,21-22H,4-6,11-12H2,1-3H3. The topological polar surface area (TPSA) is 39.7 Å². The van der Waals surface area contributed by atoms with Gasteiger partial charge >= 0.3 is 0 Å². The van der Waals surface area contributed by atoms with E-state index in [9.17, 15) is 0 Å². The fraction of sp³-hybridized carbons (Fsp3) is 0.429. The van der Waals surface area contributed by atoms with Crippen molar-refractivity contribution in [1.29, 1.82) is 0 Å². The lowest BCUT2D eigenvalue weighted by Gasteiger charge is -2.29. The van der Waals surface area contributed by atoms with E-state index < -0.39 is 0 Å². The van der Waals surface area contributed by atoms with E-state index >= 15 is 0 Å². The van der Waals surface area contributed by atoms with Crippen LogP contribution in [0.2, 0.25) is 0 Å². The molecule has 0 bridgehead atoms. The lowest BCUT2D eigenvalue weighted by atomic mass is 9.89. The highest BCUT2D eigenvalue weighted by Crippen LogP contribution is 2.38. The average Bonchev–Trinajstić information content (AvgIpc) is 2.63. The van der Waals surface area contributed by atoms with E-state index in [-0.39, 0.29) is 6.04 Å². The summed E-state index contributed by atoms with van der Waals surface area (Å²) in [6, 6.07) is 12.8. The Kier molecular flexibility index (Phi) is 5.82. The van der Waals surface area contributed by atoms with Crippen LogP contribution < -0.4 is 19.5 Å². The Morgan fingerprint density at radius 1 is 0.880 bits per heavy atom. The van der Waals surface area contributed by atoms with Crippen LogP contribution in [0.3, 0.4) is 0 Å². The number of hydrogen-bond acceptors (Lipinski definition) is 4. The molecule has 1 atom stereocenters. The minimum absolute atomic E-state index is 0.161. The van der Waals surface area contributed by atoms with Crippen molar-refractivity contribution in [2.45, 2.75) is 33.2 Å². The number of hydrogen-bond donors (Lipinski definition) is 1. The molecule has 3 rings (SSSR count). The molecule has 0 aromatic heterocycles. The van der Waals surface area contributed by atoms with E-state index in [1.165, 1.54) is 16.7 Å². The van der Waals surface area contributed by atoms with Gasteiger partial charge in [-0.2, -0.15) is 0 Å². The maximum atomic E-state index is 5.82. The fourth-order valence-corrected chi connectivity index (χ4v) is 3.32. The van der Waals surface area contributed by atoms with E-state index in [2.05, 4.69) is 29.6 Å². The number of ether oxygens (including phenoxy) is 3. The SMILES string of the molecule is CCOc1ccc(C2NCCc3cc(OCC)c(OCC)cc32)cc1. The third-order valence-corrected chi connectivity index (χ3v) is 4.38. The second kappa shape index (κ2) is 8.26. The quantitative estimate of drug-likeness (QED) is 0.822. The first-order valence-electron chi connectivity index (χ1n) is 9.15. The van der Waals surface area contributed by atoms with Crippen molar-refractivity contribution in [2.75, 3.05) is 26.4 Å². The van der Waals surface area contributed by atoms with Crippen LogP contribution in [0.15, 0.2) is 36.4 Å². The highest BCUT2D eigenvalue weighted by molar-refractivity contribution is 5.52. The van der Waals surface area contributed by atoms with Crippen LogP contribution in [-0.4, -0.2) is 26.4 Å². The first-order chi connectivity index (χ1) is 12.3. The van der Waals surface area contributed by atoms with E-state index in [4.69, 9.17) is 14.2 Å². The van der Waals surface area contributed by atoms with Crippen LogP contribution in [0.4, 0.5) is 0 Å². The Bertz CT molecular complexity index is 697. The van der Waals surface area contributed by atoms with E-state index in [0.717, 1.165) is 30.2 Å². The Labute approximate surface area is 150 Å². The zero-order valence-electron chi connectivity index (χ0n) is 15.3. The van der Waals surface area contributed by atoms with Crippen molar-refractivity contribution in [1.82, 2.24) is 5.32 Å². The van der Waals surface area contributed by atoms with Gasteiger partial charge in [0.1, 0.15) is 5.75 Å². The van der Waals surface area contributed by atoms with E-state index in [1.54, 1.807) is 0 Å². The van der Waals surface area contributed by atoms with Gasteiger partial charge in [-0.1, -0.05) is 12.1 Å². The lowest BCUT2D eigenvalue weighted by molar-refractivity contribution is 0.286. The Hall–Kier alpha value is -2.20. The maximum Gasteiger partial charge on any atom is 0.161 e. The van der Waals surface area contributed by atoms with Crippen LogP contribution in [0.5, 0.6) is 17.2 Å². The van der Waals surface area contributed by atoms with Crippen molar-refractivity contribution in [3.8, 4) is 17.2 Å². The van der Waals surface area contributed by atoms with Crippen molar-refractivity contribution in [3.63, 3.8) is 0 Å². The van der Waals surface area contributed by atoms with E-state index in [1.807, 2.05) is 32.9 Å². The molecule has 1 aliphatic rings. The normalized spacial score (nSPS) is 16.2. The monoisotopic (exact) mass is 341 g/mol. The predicted molar refractivity (Wildman–Crippen MR) is 99.9 cm³/mol. The van der Waals surface area contributed by atoms with Gasteiger partial charge in [-0.25, -0.2) is 0 Å². The first kappa shape index (κ1) is 17.6. The average molecular weight is 341 g/mol. The third kappa shape index (κ3) is 3.90. The molecule has 2 aromatic carbocycles. The molecule has 1 aliphatic heterocycles. The van der Waals surface area contributed by atoms with Crippen molar-refractivity contribution in [3.05, 3.63) is 53.1 Å². The second-order valence-electron chi connectivity index (χ2n) is 6.00. The highest BCUT2D eigenvalue weighted by Gasteiger charge is 2.24. The number of nitrogens with one attached hydrogen (secondary N) is 1. The zero-order valence-corrected chi connectivity index (χ0v) is 15.3. The molecule has 25 heavy (non-hydrogen) atoms. The fourth-order valence-electron chi connectivity index (χ4n) is 3.32. The Morgan fingerprint density at radius 2 is 1.52 bits per heavy atom. The summed E-state index contributed by atoms with van der Waals surface area (Å²) in [5, 5.41) is 3.63. The Morgan fingerprint density at radius 3 is 2.16 bits per heavy atom. The number of fused-ring (bicyclic) bond motifs is 1. The molecular formula is C21H27NO3. The van der Waals surface area contributed by atoms with Crippen molar-refractivity contribution >= 4 is 0 Å². The molecule has 4 heteroatoms. The summed E-state index contributed by atoms with van der Waals surface area (Å²) in [6.07, 6.45) is 0.995. The summed E-state index contributed by atoms with van der Waals surface area (Å²) < 4.78 is 17.1. The molecule has 0 amide bonds. The van der Waals surface area contributed by atoms with Gasteiger partial charge in [0.15, 0.2) is 11.5 Å². The summed E-state index contributed by atoms with van der Waals surface area (Å²) in [4.78, 5) is 0. The van der Waals surface area contributed by atoms with Crippen molar-refractivity contribution < 1.29 is 14.2 Å². The second-order valence-corrected chi connectivity index (χ2v) is 6.00. The molecular weight excluding hydrogens is 314 g/mol. The Balaban J connectivity index is 1.95. The number of rotatable bonds is 7. The maximum absolute atomic E-state index is 5.82. The van der Waals surface area contributed by atoms with Gasteiger partial charge in [0.25, 0.3) is 0 Å². The third-order valence-electron chi connectivity index (χ3n) is 4.38. The van der Waals surface area contributed by atoms with Crippen LogP contribution in [0.1, 0.15) is 43.5 Å². The van der Waals surface area contributed by atoms with Crippen LogP contribution in [0, 0.1) is 0 Å². The van der Waals surface area contributed by atoms with Gasteiger partial charge in [-0.15, -0.1) is 0 Å². The summed E-state index contributed by atoms with van der Waals surface area (Å²) in [5.74, 6) is 2.57. The summed E-state index contributed by atoms with van der Waals surface area (Å²) in [6.45, 7) is 8.89. The molecule has 4 nitrogen and oxygen atoms in total. The molecule has 0 saturated heterocycles. The molecule has 0 radical (unpaired) electrons. The van der Waals surface area contributed by atoms with Crippen LogP contribution in [0.25, 0.3) is 0 Å². The molecule has 1 heterocycles. The van der Waals surface area contributed by atoms with Gasteiger partial charge in [0.05, 0.1) is 25.9 Å². The van der Waals surface area contributed by atoms with Gasteiger partial charge in [0.2, 0.25) is 0 Å². The highest BCUT2D eigenvalue weighted by atomic mass is 16.5. The minimum Gasteiger partial charge on any atom is -0.494 e. The molecule has 1 unspecified atom stereocenters. The van der Waals surface area contributed by atoms with Crippen molar-refractivity contribution in [2.24, 2.45) is 0 Å². The number of benzene rings is 2. The lowest BCUT2D eigenvalue weighted by Crippen LogP contribution is -2.30. The molecule has 0 saturated carbocycles. The summed E-state index contributed by atoms with van der Waals surface area (Å²) in [7, 11) is 0. The van der Waals surface area contributed by atoms with Gasteiger partial charge in [-0.05, 0) is 68.1 Å². The smallest absolute Gasteiger partial charge is 0.161 e. The molecule has 2 aromatic rings. The van der Waals surface area contributed by atoms with Crippen LogP contribution in [-0.2, 0) is 6.42 Å². The van der Waals surface area contributed by atoms with Gasteiger partial charge < -0.3 is 19.5 Å². The van der Waals surface area contributed by atoms with E-state index in [0.29, 0.717) is 19.8 Å². The molecule has 134 valence electrons. The molecule has 1 N–H and O–H groups in total. The zero-order chi connectivity index (χ0) is 17.6. The molecule has 0 spiro atoms. The summed E-state index contributed by atoms with van der Waals surface area (Å²) in [5.41, 5.74) is 3.82. The van der Waals surface area contributed by atoms with Gasteiger partial charge in [-0.3, -0.25) is 0 Å². The minimum atomic E-state index is 0.161.